The fraction of sp³-hybridized carbons (Fsp3) is 0.500. The monoisotopic (exact) mass is 274 g/mol. The van der Waals surface area contributed by atoms with Crippen molar-refractivity contribution < 1.29 is 9.53 Å². The third-order valence-electron chi connectivity index (χ3n) is 2.97. The Bertz CT molecular complexity index is 426. The molecule has 1 aromatic rings. The molecule has 4 nitrogen and oxygen atoms in total. The van der Waals surface area contributed by atoms with Gasteiger partial charge in [0.05, 0.1) is 6.07 Å². The van der Waals surface area contributed by atoms with E-state index in [9.17, 15) is 4.79 Å². The molecule has 0 heterocycles. The molecule has 0 aromatic heterocycles. The van der Waals surface area contributed by atoms with Crippen molar-refractivity contribution in [3.05, 3.63) is 35.9 Å². The Morgan fingerprint density at radius 3 is 2.70 bits per heavy atom. The van der Waals surface area contributed by atoms with Gasteiger partial charge in [0.1, 0.15) is 6.61 Å². The number of hydrogen-bond donors (Lipinski definition) is 0. The topological polar surface area (TPSA) is 53.3 Å². The van der Waals surface area contributed by atoms with E-state index in [0.29, 0.717) is 26.0 Å². The molecule has 0 saturated heterocycles. The lowest BCUT2D eigenvalue weighted by Gasteiger charge is -2.21. The quantitative estimate of drug-likeness (QED) is 0.513. The van der Waals surface area contributed by atoms with Gasteiger partial charge in [-0.25, -0.2) is 0 Å². The molecule has 0 aliphatic carbocycles. The van der Waals surface area contributed by atoms with Gasteiger partial charge in [0.2, 0.25) is 0 Å². The van der Waals surface area contributed by atoms with E-state index in [1.165, 1.54) is 5.56 Å². The van der Waals surface area contributed by atoms with Crippen molar-refractivity contribution in [2.24, 2.45) is 0 Å². The summed E-state index contributed by atoms with van der Waals surface area (Å²) in [4.78, 5) is 13.3. The van der Waals surface area contributed by atoms with E-state index >= 15 is 0 Å². The molecule has 0 amide bonds. The van der Waals surface area contributed by atoms with Crippen LogP contribution in [0.5, 0.6) is 0 Å². The van der Waals surface area contributed by atoms with Crippen molar-refractivity contribution in [1.82, 2.24) is 4.90 Å². The zero-order valence-electron chi connectivity index (χ0n) is 12.0. The number of esters is 1. The average Bonchev–Trinajstić information content (AvgIpc) is 2.48. The Balaban J connectivity index is 2.43. The highest BCUT2D eigenvalue weighted by Crippen LogP contribution is 2.06. The number of hydrogen-bond acceptors (Lipinski definition) is 4. The lowest BCUT2D eigenvalue weighted by molar-refractivity contribution is -0.143. The highest BCUT2D eigenvalue weighted by molar-refractivity contribution is 5.68. The van der Waals surface area contributed by atoms with Gasteiger partial charge in [-0.15, -0.1) is 0 Å². The minimum absolute atomic E-state index is 0.165. The molecule has 0 atom stereocenters. The first-order valence-corrected chi connectivity index (χ1v) is 7.05. The highest BCUT2D eigenvalue weighted by Gasteiger charge is 2.07. The zero-order chi connectivity index (χ0) is 14.6. The summed E-state index contributed by atoms with van der Waals surface area (Å²) in [5.74, 6) is -0.165. The summed E-state index contributed by atoms with van der Waals surface area (Å²) in [5.41, 5.74) is 1.23. The molecule has 0 N–H and O–H groups in total. The SMILES string of the molecule is CCC(=O)OCCN(CCCC#N)Cc1ccccc1. The maximum atomic E-state index is 11.1. The second-order valence-corrected chi connectivity index (χ2v) is 4.60. The van der Waals surface area contributed by atoms with Gasteiger partial charge in [-0.3, -0.25) is 9.69 Å². The molecule has 0 saturated carbocycles. The van der Waals surface area contributed by atoms with Crippen molar-refractivity contribution in [3.8, 4) is 6.07 Å². The molecule has 0 spiro atoms. The van der Waals surface area contributed by atoms with Crippen LogP contribution in [0.25, 0.3) is 0 Å². The number of unbranched alkanes of at least 4 members (excludes halogenated alkanes) is 1. The smallest absolute Gasteiger partial charge is 0.305 e. The first-order chi connectivity index (χ1) is 9.76. The van der Waals surface area contributed by atoms with Gasteiger partial charge in [0, 0.05) is 25.9 Å². The van der Waals surface area contributed by atoms with Gasteiger partial charge in [-0.2, -0.15) is 5.26 Å². The fourth-order valence-corrected chi connectivity index (χ4v) is 1.88. The van der Waals surface area contributed by atoms with Gasteiger partial charge < -0.3 is 4.74 Å². The minimum Gasteiger partial charge on any atom is -0.464 e. The van der Waals surface area contributed by atoms with E-state index in [1.54, 1.807) is 6.92 Å². The van der Waals surface area contributed by atoms with Gasteiger partial charge in [-0.05, 0) is 18.5 Å². The molecular formula is C16H22N2O2. The van der Waals surface area contributed by atoms with Crippen molar-refractivity contribution in [2.75, 3.05) is 19.7 Å². The summed E-state index contributed by atoms with van der Waals surface area (Å²) in [6, 6.07) is 12.3. The number of nitrogens with zero attached hydrogens (tertiary/aromatic N) is 2. The van der Waals surface area contributed by atoms with Crippen LogP contribution < -0.4 is 0 Å². The molecule has 1 aromatic carbocycles. The molecule has 20 heavy (non-hydrogen) atoms. The van der Waals surface area contributed by atoms with Crippen LogP contribution in [0.1, 0.15) is 31.7 Å². The van der Waals surface area contributed by atoms with Crippen molar-refractivity contribution >= 4 is 5.97 Å². The van der Waals surface area contributed by atoms with E-state index in [1.807, 2.05) is 18.2 Å². The van der Waals surface area contributed by atoms with Crippen LogP contribution in [-0.2, 0) is 16.1 Å². The Labute approximate surface area is 121 Å². The maximum absolute atomic E-state index is 11.1. The number of carbonyl (C=O) groups is 1. The lowest BCUT2D eigenvalue weighted by atomic mass is 10.2. The average molecular weight is 274 g/mol. The molecule has 0 aliphatic rings. The van der Waals surface area contributed by atoms with Crippen LogP contribution in [0, 0.1) is 11.3 Å². The molecule has 0 aliphatic heterocycles. The van der Waals surface area contributed by atoms with E-state index < -0.39 is 0 Å². The molecule has 0 bridgehead atoms. The lowest BCUT2D eigenvalue weighted by Crippen LogP contribution is -2.29. The number of rotatable bonds is 9. The Morgan fingerprint density at radius 1 is 1.30 bits per heavy atom. The van der Waals surface area contributed by atoms with Gasteiger partial charge >= 0.3 is 5.97 Å². The predicted molar refractivity (Wildman–Crippen MR) is 77.8 cm³/mol. The second-order valence-electron chi connectivity index (χ2n) is 4.60. The first kappa shape index (κ1) is 16.2. The fourth-order valence-electron chi connectivity index (χ4n) is 1.88. The number of ether oxygens (including phenoxy) is 1. The number of carbonyl (C=O) groups excluding carboxylic acids is 1. The summed E-state index contributed by atoms with van der Waals surface area (Å²) in [6.07, 6.45) is 1.80. The summed E-state index contributed by atoms with van der Waals surface area (Å²) < 4.78 is 5.12. The van der Waals surface area contributed by atoms with Crippen LogP contribution in [-0.4, -0.2) is 30.6 Å². The summed E-state index contributed by atoms with van der Waals surface area (Å²) >= 11 is 0. The van der Waals surface area contributed by atoms with E-state index in [2.05, 4.69) is 23.1 Å². The molecule has 108 valence electrons. The third kappa shape index (κ3) is 6.91. The number of benzene rings is 1. The van der Waals surface area contributed by atoms with Crippen LogP contribution in [0.2, 0.25) is 0 Å². The summed E-state index contributed by atoms with van der Waals surface area (Å²) in [7, 11) is 0. The largest absolute Gasteiger partial charge is 0.464 e. The van der Waals surface area contributed by atoms with Crippen molar-refractivity contribution in [3.63, 3.8) is 0 Å². The van der Waals surface area contributed by atoms with Gasteiger partial charge in [0.15, 0.2) is 0 Å². The normalized spacial score (nSPS) is 10.2. The third-order valence-corrected chi connectivity index (χ3v) is 2.97. The van der Waals surface area contributed by atoms with Gasteiger partial charge in [0.25, 0.3) is 0 Å². The van der Waals surface area contributed by atoms with Crippen molar-refractivity contribution in [2.45, 2.75) is 32.7 Å². The first-order valence-electron chi connectivity index (χ1n) is 7.05. The standard InChI is InChI=1S/C16H22N2O2/c1-2-16(19)20-13-12-18(11-7-6-10-17)14-15-8-4-3-5-9-15/h3-5,8-9H,2,6-7,11-14H2,1H3. The van der Waals surface area contributed by atoms with Crippen LogP contribution in [0.4, 0.5) is 0 Å². The van der Waals surface area contributed by atoms with Crippen LogP contribution >= 0.6 is 0 Å². The molecule has 4 heteroatoms. The van der Waals surface area contributed by atoms with E-state index in [0.717, 1.165) is 19.5 Å². The Morgan fingerprint density at radius 2 is 2.05 bits per heavy atom. The minimum atomic E-state index is -0.165. The maximum Gasteiger partial charge on any atom is 0.305 e. The van der Waals surface area contributed by atoms with E-state index in [4.69, 9.17) is 10.00 Å². The zero-order valence-corrected chi connectivity index (χ0v) is 12.0. The molecule has 1 rings (SSSR count). The summed E-state index contributed by atoms with van der Waals surface area (Å²) in [5, 5.41) is 8.61. The molecule has 0 radical (unpaired) electrons. The molecule has 0 unspecified atom stereocenters. The highest BCUT2D eigenvalue weighted by atomic mass is 16.5. The molecular weight excluding hydrogens is 252 g/mol. The van der Waals surface area contributed by atoms with E-state index in [-0.39, 0.29) is 5.97 Å². The second kappa shape index (κ2) is 9.99. The molecule has 0 fully saturated rings. The Kier molecular flexibility index (Phi) is 8.09. The summed E-state index contributed by atoms with van der Waals surface area (Å²) in [6.45, 7) is 4.55. The Hall–Kier alpha value is -1.86. The van der Waals surface area contributed by atoms with Crippen LogP contribution in [0.15, 0.2) is 30.3 Å². The number of nitriles is 1. The van der Waals surface area contributed by atoms with Crippen LogP contribution in [0.3, 0.4) is 0 Å². The van der Waals surface area contributed by atoms with Gasteiger partial charge in [-0.1, -0.05) is 37.3 Å². The predicted octanol–water partition coefficient (Wildman–Crippen LogP) is 2.75. The van der Waals surface area contributed by atoms with Crippen molar-refractivity contribution in [1.29, 1.82) is 5.26 Å².